The monoisotopic (exact) mass is 292 g/mol. The lowest BCUT2D eigenvalue weighted by Gasteiger charge is -2.17. The van der Waals surface area contributed by atoms with Crippen LogP contribution in [0.5, 0.6) is 0 Å². The van der Waals surface area contributed by atoms with Gasteiger partial charge in [0.2, 0.25) is 0 Å². The minimum absolute atomic E-state index is 0.281. The minimum atomic E-state index is -0.942. The summed E-state index contributed by atoms with van der Waals surface area (Å²) < 4.78 is 32.4. The molecular formula is C16H11ClF2O. The number of hydrogen-bond acceptors (Lipinski definition) is 1. The number of benzene rings is 2. The van der Waals surface area contributed by atoms with Crippen LogP contribution in [0.4, 0.5) is 8.78 Å². The number of ether oxygens (including phenoxy) is 1. The second-order valence-corrected chi connectivity index (χ2v) is 5.11. The van der Waals surface area contributed by atoms with Crippen molar-refractivity contribution >= 4 is 17.2 Å². The van der Waals surface area contributed by atoms with E-state index in [4.69, 9.17) is 16.3 Å². The molecule has 4 heteroatoms. The molecule has 1 saturated heterocycles. The van der Waals surface area contributed by atoms with Crippen LogP contribution in [0.2, 0.25) is 5.02 Å². The third kappa shape index (κ3) is 2.03. The molecule has 0 N–H and O–H groups in total. The Morgan fingerprint density at radius 1 is 1.20 bits per heavy atom. The zero-order valence-electron chi connectivity index (χ0n) is 10.5. The van der Waals surface area contributed by atoms with Crippen molar-refractivity contribution in [1.82, 2.24) is 0 Å². The Hall–Kier alpha value is -1.71. The molecule has 1 heterocycles. The van der Waals surface area contributed by atoms with E-state index >= 15 is 0 Å². The number of halogens is 3. The molecule has 1 nitrogen and oxygen atoms in total. The smallest absolute Gasteiger partial charge is 0.144 e. The van der Waals surface area contributed by atoms with Crippen LogP contribution in [0.15, 0.2) is 49.0 Å². The first-order valence-corrected chi connectivity index (χ1v) is 6.46. The van der Waals surface area contributed by atoms with Gasteiger partial charge in [-0.2, -0.15) is 0 Å². The van der Waals surface area contributed by atoms with E-state index in [0.717, 1.165) is 6.07 Å². The standard InChI is InChI=1S/C16H11ClF2O/c1-10(12-4-2-3-5-14(12)17)16(9-20-16)13-7-6-11(18)8-15(13)19/h2-8H,1,9H2. The predicted molar refractivity (Wildman–Crippen MR) is 74.5 cm³/mol. The molecule has 1 unspecified atom stereocenters. The predicted octanol–water partition coefficient (Wildman–Crippen LogP) is 4.56. The lowest BCUT2D eigenvalue weighted by Crippen LogP contribution is -2.13. The van der Waals surface area contributed by atoms with Crippen LogP contribution in [0.25, 0.3) is 5.57 Å². The van der Waals surface area contributed by atoms with Gasteiger partial charge < -0.3 is 4.74 Å². The second kappa shape index (κ2) is 4.69. The molecule has 1 aliphatic heterocycles. The highest BCUT2D eigenvalue weighted by atomic mass is 35.5. The van der Waals surface area contributed by atoms with Gasteiger partial charge in [-0.1, -0.05) is 36.4 Å². The Morgan fingerprint density at radius 3 is 2.50 bits per heavy atom. The van der Waals surface area contributed by atoms with Crippen molar-refractivity contribution in [3.8, 4) is 0 Å². The minimum Gasteiger partial charge on any atom is -0.359 e. The Kier molecular flexibility index (Phi) is 3.11. The Labute approximate surface area is 120 Å². The van der Waals surface area contributed by atoms with Gasteiger partial charge in [-0.15, -0.1) is 0 Å². The zero-order chi connectivity index (χ0) is 14.3. The van der Waals surface area contributed by atoms with Crippen LogP contribution in [0.1, 0.15) is 11.1 Å². The quantitative estimate of drug-likeness (QED) is 0.756. The molecule has 0 bridgehead atoms. The Bertz CT molecular complexity index is 693. The molecule has 0 amide bonds. The third-order valence-electron chi connectivity index (χ3n) is 3.49. The van der Waals surface area contributed by atoms with Gasteiger partial charge in [-0.3, -0.25) is 0 Å². The second-order valence-electron chi connectivity index (χ2n) is 4.70. The molecule has 1 aliphatic rings. The summed E-state index contributed by atoms with van der Waals surface area (Å²) in [5.41, 5.74) is 0.621. The fraction of sp³-hybridized carbons (Fsp3) is 0.125. The van der Waals surface area contributed by atoms with E-state index in [1.54, 1.807) is 18.2 Å². The number of hydrogen-bond donors (Lipinski definition) is 0. The molecule has 0 spiro atoms. The van der Waals surface area contributed by atoms with Crippen molar-refractivity contribution in [2.24, 2.45) is 0 Å². The van der Waals surface area contributed by atoms with Crippen molar-refractivity contribution in [2.75, 3.05) is 6.61 Å². The van der Waals surface area contributed by atoms with Crippen molar-refractivity contribution in [3.05, 3.63) is 76.8 Å². The largest absolute Gasteiger partial charge is 0.359 e. The van der Waals surface area contributed by atoms with E-state index < -0.39 is 17.2 Å². The molecule has 0 radical (unpaired) electrons. The lowest BCUT2D eigenvalue weighted by atomic mass is 9.87. The molecule has 1 atom stereocenters. The summed E-state index contributed by atoms with van der Waals surface area (Å²) in [5.74, 6) is -1.26. The normalized spacial score (nSPS) is 20.8. The topological polar surface area (TPSA) is 12.5 Å². The van der Waals surface area contributed by atoms with Crippen LogP contribution >= 0.6 is 11.6 Å². The molecule has 102 valence electrons. The highest BCUT2D eigenvalue weighted by Crippen LogP contribution is 2.50. The van der Waals surface area contributed by atoms with Crippen molar-refractivity contribution in [1.29, 1.82) is 0 Å². The Balaban J connectivity index is 2.05. The molecular weight excluding hydrogens is 282 g/mol. The van der Waals surface area contributed by atoms with Crippen LogP contribution in [-0.2, 0) is 10.3 Å². The summed E-state index contributed by atoms with van der Waals surface area (Å²) >= 11 is 6.14. The Morgan fingerprint density at radius 2 is 1.90 bits per heavy atom. The van der Waals surface area contributed by atoms with E-state index in [9.17, 15) is 8.78 Å². The summed E-state index contributed by atoms with van der Waals surface area (Å²) in [5, 5.41) is 0.523. The highest BCUT2D eigenvalue weighted by molar-refractivity contribution is 6.32. The third-order valence-corrected chi connectivity index (χ3v) is 3.82. The molecule has 3 rings (SSSR count). The molecule has 0 aromatic heterocycles. The van der Waals surface area contributed by atoms with E-state index in [1.165, 1.54) is 12.1 Å². The number of epoxide rings is 1. The molecule has 1 fully saturated rings. The number of rotatable bonds is 3. The van der Waals surface area contributed by atoms with Crippen molar-refractivity contribution in [2.45, 2.75) is 5.60 Å². The van der Waals surface area contributed by atoms with Crippen LogP contribution in [0.3, 0.4) is 0 Å². The molecule has 20 heavy (non-hydrogen) atoms. The van der Waals surface area contributed by atoms with Crippen LogP contribution in [-0.4, -0.2) is 6.61 Å². The maximum absolute atomic E-state index is 14.0. The summed E-state index contributed by atoms with van der Waals surface area (Å²) in [6, 6.07) is 10.6. The molecule has 0 aliphatic carbocycles. The lowest BCUT2D eigenvalue weighted by molar-refractivity contribution is 0.357. The van der Waals surface area contributed by atoms with Gasteiger partial charge in [0.25, 0.3) is 0 Å². The van der Waals surface area contributed by atoms with Gasteiger partial charge in [0.1, 0.15) is 17.2 Å². The van der Waals surface area contributed by atoms with Gasteiger partial charge >= 0.3 is 0 Å². The highest BCUT2D eigenvalue weighted by Gasteiger charge is 2.51. The fourth-order valence-corrected chi connectivity index (χ4v) is 2.55. The van der Waals surface area contributed by atoms with Crippen molar-refractivity contribution in [3.63, 3.8) is 0 Å². The fourth-order valence-electron chi connectivity index (χ4n) is 2.30. The average molecular weight is 293 g/mol. The summed E-state index contributed by atoms with van der Waals surface area (Å²) in [7, 11) is 0. The van der Waals surface area contributed by atoms with Crippen LogP contribution < -0.4 is 0 Å². The maximum atomic E-state index is 14.0. The maximum Gasteiger partial charge on any atom is 0.144 e. The van der Waals surface area contributed by atoms with Gasteiger partial charge in [0.05, 0.1) is 6.61 Å². The van der Waals surface area contributed by atoms with Gasteiger partial charge in [-0.25, -0.2) is 8.78 Å². The van der Waals surface area contributed by atoms with Gasteiger partial charge in [0, 0.05) is 16.7 Å². The SMILES string of the molecule is C=C(c1ccccc1Cl)C1(c2ccc(F)cc2F)CO1. The molecule has 2 aromatic carbocycles. The van der Waals surface area contributed by atoms with Gasteiger partial charge in [0.15, 0.2) is 0 Å². The first-order valence-electron chi connectivity index (χ1n) is 6.08. The van der Waals surface area contributed by atoms with E-state index in [1.807, 2.05) is 6.07 Å². The molecule has 0 saturated carbocycles. The summed E-state index contributed by atoms with van der Waals surface area (Å²) in [6.07, 6.45) is 0. The first kappa shape index (κ1) is 13.3. The summed E-state index contributed by atoms with van der Waals surface area (Å²) in [4.78, 5) is 0. The molecule has 2 aromatic rings. The van der Waals surface area contributed by atoms with Crippen molar-refractivity contribution < 1.29 is 13.5 Å². The van der Waals surface area contributed by atoms with Crippen LogP contribution in [0, 0.1) is 11.6 Å². The zero-order valence-corrected chi connectivity index (χ0v) is 11.3. The van der Waals surface area contributed by atoms with Gasteiger partial charge in [-0.05, 0) is 29.3 Å². The van der Waals surface area contributed by atoms with E-state index in [2.05, 4.69) is 6.58 Å². The average Bonchev–Trinajstić information content (AvgIpc) is 3.20. The summed E-state index contributed by atoms with van der Waals surface area (Å²) in [6.45, 7) is 4.30. The van der Waals surface area contributed by atoms with E-state index in [-0.39, 0.29) is 5.56 Å². The first-order chi connectivity index (χ1) is 9.54. The van der Waals surface area contributed by atoms with E-state index in [0.29, 0.717) is 22.8 Å².